The third kappa shape index (κ3) is 3.75. The van der Waals surface area contributed by atoms with Crippen molar-refractivity contribution in [1.82, 2.24) is 4.31 Å². The molecule has 1 aromatic heterocycles. The van der Waals surface area contributed by atoms with Crippen LogP contribution in [0.25, 0.3) is 0 Å². The molecule has 0 aliphatic carbocycles. The van der Waals surface area contributed by atoms with Crippen molar-refractivity contribution < 1.29 is 23.1 Å². The Labute approximate surface area is 116 Å². The zero-order chi connectivity index (χ0) is 14.6. The number of aliphatic hydroxyl groups is 1. The number of ether oxygens (including phenoxy) is 1. The van der Waals surface area contributed by atoms with Gasteiger partial charge in [-0.15, -0.1) is 11.3 Å². The van der Waals surface area contributed by atoms with E-state index in [0.717, 1.165) is 15.6 Å². The van der Waals surface area contributed by atoms with Gasteiger partial charge in [0, 0.05) is 13.6 Å². The number of rotatable bonds is 6. The normalized spacial score (nSPS) is 13.5. The quantitative estimate of drug-likeness (QED) is 0.790. The van der Waals surface area contributed by atoms with Crippen LogP contribution in [0.15, 0.2) is 16.3 Å². The highest BCUT2D eigenvalue weighted by Crippen LogP contribution is 2.25. The maximum Gasteiger partial charge on any atom is 0.349 e. The summed E-state index contributed by atoms with van der Waals surface area (Å²) < 4.78 is 30.3. The lowest BCUT2D eigenvalue weighted by atomic mass is 10.3. The Morgan fingerprint density at radius 2 is 2.21 bits per heavy atom. The van der Waals surface area contributed by atoms with E-state index < -0.39 is 22.1 Å². The lowest BCUT2D eigenvalue weighted by Gasteiger charge is -2.17. The van der Waals surface area contributed by atoms with Crippen LogP contribution < -0.4 is 0 Å². The molecule has 1 atom stereocenters. The smallest absolute Gasteiger partial charge is 0.349 e. The second-order valence-electron chi connectivity index (χ2n) is 4.07. The average molecular weight is 307 g/mol. The second-order valence-corrected chi connectivity index (χ2v) is 7.00. The van der Waals surface area contributed by atoms with Gasteiger partial charge in [0.15, 0.2) is 0 Å². The summed E-state index contributed by atoms with van der Waals surface area (Å²) in [6.07, 6.45) is -0.256. The Morgan fingerprint density at radius 3 is 2.74 bits per heavy atom. The van der Waals surface area contributed by atoms with Crippen LogP contribution in [0.1, 0.15) is 23.0 Å². The molecule has 1 unspecified atom stereocenters. The van der Waals surface area contributed by atoms with Crippen LogP contribution in [0.2, 0.25) is 0 Å². The number of esters is 1. The number of hydrogen-bond acceptors (Lipinski definition) is 6. The molecule has 1 rings (SSSR count). The number of sulfonamides is 1. The fourth-order valence-corrected chi connectivity index (χ4v) is 3.89. The van der Waals surface area contributed by atoms with E-state index in [4.69, 9.17) is 0 Å². The molecule has 19 heavy (non-hydrogen) atoms. The molecular weight excluding hydrogens is 290 g/mol. The van der Waals surface area contributed by atoms with E-state index in [1.54, 1.807) is 6.92 Å². The van der Waals surface area contributed by atoms with Crippen molar-refractivity contribution in [3.8, 4) is 0 Å². The van der Waals surface area contributed by atoms with Gasteiger partial charge in [0.05, 0.1) is 13.2 Å². The van der Waals surface area contributed by atoms with Gasteiger partial charge in [0.2, 0.25) is 10.0 Å². The fourth-order valence-electron chi connectivity index (χ4n) is 1.40. The molecule has 0 aliphatic rings. The van der Waals surface area contributed by atoms with E-state index in [0.29, 0.717) is 6.42 Å². The van der Waals surface area contributed by atoms with Gasteiger partial charge in [0.25, 0.3) is 0 Å². The SMILES string of the molecule is COC(=O)c1sccc1S(=O)(=O)N(C)CCC(C)O. The van der Waals surface area contributed by atoms with Crippen molar-refractivity contribution in [2.24, 2.45) is 0 Å². The minimum Gasteiger partial charge on any atom is -0.465 e. The van der Waals surface area contributed by atoms with Gasteiger partial charge < -0.3 is 9.84 Å². The number of methoxy groups -OCH3 is 1. The molecule has 0 aromatic carbocycles. The number of aliphatic hydroxyl groups excluding tert-OH is 1. The number of hydrogen-bond donors (Lipinski definition) is 1. The lowest BCUT2D eigenvalue weighted by Crippen LogP contribution is -2.30. The Kier molecular flexibility index (Phi) is 5.48. The Balaban J connectivity index is 3.00. The average Bonchev–Trinajstić information content (AvgIpc) is 2.84. The standard InChI is InChI=1S/C11H17NO5S2/c1-8(13)4-6-12(2)19(15,16)9-5-7-18-10(9)11(14)17-3/h5,7-8,13H,4,6H2,1-3H3. The van der Waals surface area contributed by atoms with Crippen LogP contribution in [0.4, 0.5) is 0 Å². The van der Waals surface area contributed by atoms with E-state index in [1.807, 2.05) is 0 Å². The summed E-state index contributed by atoms with van der Waals surface area (Å²) in [5, 5.41) is 10.7. The molecule has 1 N–H and O–H groups in total. The molecule has 0 radical (unpaired) electrons. The van der Waals surface area contributed by atoms with E-state index >= 15 is 0 Å². The molecule has 0 aliphatic heterocycles. The molecule has 8 heteroatoms. The van der Waals surface area contributed by atoms with Crippen LogP contribution in [-0.4, -0.2) is 50.6 Å². The zero-order valence-electron chi connectivity index (χ0n) is 11.0. The van der Waals surface area contributed by atoms with Crippen LogP contribution in [-0.2, 0) is 14.8 Å². The van der Waals surface area contributed by atoms with Gasteiger partial charge in [0.1, 0.15) is 9.77 Å². The first-order valence-corrected chi connectivity index (χ1v) is 7.93. The highest BCUT2D eigenvalue weighted by atomic mass is 32.2. The van der Waals surface area contributed by atoms with E-state index in [-0.39, 0.29) is 16.3 Å². The van der Waals surface area contributed by atoms with Crippen LogP contribution >= 0.6 is 11.3 Å². The van der Waals surface area contributed by atoms with Gasteiger partial charge in [-0.3, -0.25) is 0 Å². The second kappa shape index (κ2) is 6.47. The molecular formula is C11H17NO5S2. The topological polar surface area (TPSA) is 83.9 Å². The Morgan fingerprint density at radius 1 is 1.58 bits per heavy atom. The van der Waals surface area contributed by atoms with Gasteiger partial charge in [-0.1, -0.05) is 0 Å². The summed E-state index contributed by atoms with van der Waals surface area (Å²) in [5.41, 5.74) is 0. The van der Waals surface area contributed by atoms with Gasteiger partial charge in [-0.25, -0.2) is 17.5 Å². The van der Waals surface area contributed by atoms with Crippen LogP contribution in [0.5, 0.6) is 0 Å². The van der Waals surface area contributed by atoms with Crippen molar-refractivity contribution in [2.45, 2.75) is 24.3 Å². The zero-order valence-corrected chi connectivity index (χ0v) is 12.6. The summed E-state index contributed by atoms with van der Waals surface area (Å²) in [6, 6.07) is 1.38. The third-order valence-electron chi connectivity index (χ3n) is 2.55. The molecule has 0 saturated heterocycles. The van der Waals surface area contributed by atoms with Crippen LogP contribution in [0.3, 0.4) is 0 Å². The molecule has 0 bridgehead atoms. The summed E-state index contributed by atoms with van der Waals surface area (Å²) >= 11 is 1.02. The predicted octanol–water partition coefficient (Wildman–Crippen LogP) is 0.926. The van der Waals surface area contributed by atoms with E-state index in [1.165, 1.54) is 25.6 Å². The highest BCUT2D eigenvalue weighted by molar-refractivity contribution is 7.89. The first-order chi connectivity index (χ1) is 8.80. The fraction of sp³-hybridized carbons (Fsp3) is 0.545. The first kappa shape index (κ1) is 16.1. The Bertz CT molecular complexity index is 535. The van der Waals surface area contributed by atoms with Crippen molar-refractivity contribution in [2.75, 3.05) is 20.7 Å². The number of carbonyl (C=O) groups is 1. The van der Waals surface area contributed by atoms with Crippen molar-refractivity contribution in [1.29, 1.82) is 0 Å². The maximum atomic E-state index is 12.3. The van der Waals surface area contributed by atoms with Crippen LogP contribution in [0, 0.1) is 0 Å². The molecule has 0 fully saturated rings. The summed E-state index contributed by atoms with van der Waals surface area (Å²) in [7, 11) is -1.13. The molecule has 1 aromatic rings. The van der Waals surface area contributed by atoms with Gasteiger partial charge >= 0.3 is 5.97 Å². The first-order valence-electron chi connectivity index (χ1n) is 5.61. The van der Waals surface area contributed by atoms with E-state index in [9.17, 15) is 18.3 Å². The largest absolute Gasteiger partial charge is 0.465 e. The van der Waals surface area contributed by atoms with E-state index in [2.05, 4.69) is 4.74 Å². The van der Waals surface area contributed by atoms with Crippen molar-refractivity contribution in [3.63, 3.8) is 0 Å². The maximum absolute atomic E-state index is 12.3. The molecule has 108 valence electrons. The number of carbonyl (C=O) groups excluding carboxylic acids is 1. The number of thiophene rings is 1. The summed E-state index contributed by atoms with van der Waals surface area (Å²) in [5.74, 6) is -0.669. The summed E-state index contributed by atoms with van der Waals surface area (Å²) in [4.78, 5) is 11.5. The third-order valence-corrected chi connectivity index (χ3v) is 5.47. The molecule has 1 heterocycles. The monoisotopic (exact) mass is 307 g/mol. The van der Waals surface area contributed by atoms with Gasteiger partial charge in [-0.2, -0.15) is 0 Å². The van der Waals surface area contributed by atoms with Gasteiger partial charge in [-0.05, 0) is 24.8 Å². The Hall–Kier alpha value is -0.960. The summed E-state index contributed by atoms with van der Waals surface area (Å²) in [6.45, 7) is 1.77. The minimum atomic E-state index is -3.75. The van der Waals surface area contributed by atoms with Crippen molar-refractivity contribution in [3.05, 3.63) is 16.3 Å². The lowest BCUT2D eigenvalue weighted by molar-refractivity contribution is 0.0602. The molecule has 0 saturated carbocycles. The van der Waals surface area contributed by atoms with Crippen molar-refractivity contribution >= 4 is 27.3 Å². The molecule has 6 nitrogen and oxygen atoms in total. The predicted molar refractivity (Wildman–Crippen MR) is 71.8 cm³/mol. The minimum absolute atomic E-state index is 0.0579. The molecule has 0 spiro atoms. The number of nitrogens with zero attached hydrogens (tertiary/aromatic N) is 1. The highest BCUT2D eigenvalue weighted by Gasteiger charge is 2.28. The molecule has 0 amide bonds.